The van der Waals surface area contributed by atoms with Crippen molar-refractivity contribution in [3.05, 3.63) is 28.8 Å². The summed E-state index contributed by atoms with van der Waals surface area (Å²) in [6.45, 7) is 0. The van der Waals surface area contributed by atoms with Crippen LogP contribution < -0.4 is 16.0 Å². The highest BCUT2D eigenvalue weighted by molar-refractivity contribution is 6.30. The van der Waals surface area contributed by atoms with Gasteiger partial charge in [0.1, 0.15) is 5.75 Å². The number of benzene rings is 1. The summed E-state index contributed by atoms with van der Waals surface area (Å²) in [4.78, 5) is 0. The molecule has 0 spiro atoms. The van der Waals surface area contributed by atoms with Crippen molar-refractivity contribution in [3.63, 3.8) is 0 Å². The molecule has 4 heteroatoms. The van der Waals surface area contributed by atoms with E-state index in [1.165, 1.54) is 19.3 Å². The average molecular weight is 241 g/mol. The highest BCUT2D eigenvalue weighted by Gasteiger charge is 2.29. The van der Waals surface area contributed by atoms with E-state index in [0.29, 0.717) is 10.9 Å². The second-order valence-electron chi connectivity index (χ2n) is 4.22. The number of ether oxygens (including phenoxy) is 1. The molecule has 0 aliphatic heterocycles. The van der Waals surface area contributed by atoms with Crippen LogP contribution in [-0.2, 0) is 0 Å². The largest absolute Gasteiger partial charge is 0.496 e. The number of rotatable bonds is 4. The Labute approximate surface area is 101 Å². The first-order valence-electron chi connectivity index (χ1n) is 5.56. The number of nitrogens with one attached hydrogen (secondary N) is 1. The maximum absolute atomic E-state index is 5.94. The summed E-state index contributed by atoms with van der Waals surface area (Å²) < 4.78 is 5.35. The van der Waals surface area contributed by atoms with E-state index >= 15 is 0 Å². The van der Waals surface area contributed by atoms with E-state index in [-0.39, 0.29) is 6.04 Å². The maximum Gasteiger partial charge on any atom is 0.125 e. The van der Waals surface area contributed by atoms with Crippen molar-refractivity contribution in [2.24, 2.45) is 11.8 Å². The van der Waals surface area contributed by atoms with E-state index in [4.69, 9.17) is 22.2 Å². The molecule has 0 saturated heterocycles. The molecule has 0 radical (unpaired) electrons. The fraction of sp³-hybridized carbons (Fsp3) is 0.500. The predicted octanol–water partition coefficient (Wildman–Crippen LogP) is 2.65. The van der Waals surface area contributed by atoms with Crippen molar-refractivity contribution in [1.29, 1.82) is 0 Å². The summed E-state index contributed by atoms with van der Waals surface area (Å²) in [6.07, 6.45) is 3.74. The molecule has 1 saturated carbocycles. The number of hydrogen-bond donors (Lipinski definition) is 2. The lowest BCUT2D eigenvalue weighted by molar-refractivity contribution is 0.228. The molecule has 1 atom stereocenters. The van der Waals surface area contributed by atoms with Crippen molar-refractivity contribution < 1.29 is 4.74 Å². The van der Waals surface area contributed by atoms with Crippen molar-refractivity contribution in [3.8, 4) is 5.75 Å². The molecule has 1 aromatic rings. The zero-order chi connectivity index (χ0) is 11.5. The third kappa shape index (κ3) is 2.17. The van der Waals surface area contributed by atoms with Gasteiger partial charge in [-0.15, -0.1) is 0 Å². The fourth-order valence-electron chi connectivity index (χ4n) is 2.19. The van der Waals surface area contributed by atoms with Crippen LogP contribution in [0.3, 0.4) is 0 Å². The predicted molar refractivity (Wildman–Crippen MR) is 65.4 cm³/mol. The Hall–Kier alpha value is -0.770. The summed E-state index contributed by atoms with van der Waals surface area (Å²) in [6, 6.07) is 5.87. The molecule has 1 fully saturated rings. The average Bonchev–Trinajstić information content (AvgIpc) is 2.23. The van der Waals surface area contributed by atoms with Crippen molar-refractivity contribution in [1.82, 2.24) is 5.43 Å². The van der Waals surface area contributed by atoms with Gasteiger partial charge in [0.15, 0.2) is 0 Å². The van der Waals surface area contributed by atoms with Crippen molar-refractivity contribution in [2.75, 3.05) is 7.11 Å². The monoisotopic (exact) mass is 240 g/mol. The van der Waals surface area contributed by atoms with E-state index in [0.717, 1.165) is 11.3 Å². The summed E-state index contributed by atoms with van der Waals surface area (Å²) in [5.74, 6) is 7.06. The molecule has 0 amide bonds. The first-order valence-corrected chi connectivity index (χ1v) is 5.93. The smallest absolute Gasteiger partial charge is 0.125 e. The van der Waals surface area contributed by atoms with Gasteiger partial charge in [0.25, 0.3) is 0 Å². The molecule has 16 heavy (non-hydrogen) atoms. The normalized spacial score (nSPS) is 17.9. The van der Waals surface area contributed by atoms with Crippen LogP contribution >= 0.6 is 11.6 Å². The van der Waals surface area contributed by atoms with Crippen LogP contribution in [0.25, 0.3) is 0 Å². The molecule has 0 aromatic heterocycles. The number of hydrogen-bond acceptors (Lipinski definition) is 3. The van der Waals surface area contributed by atoms with Gasteiger partial charge in [0, 0.05) is 10.6 Å². The van der Waals surface area contributed by atoms with Crippen LogP contribution in [0.2, 0.25) is 5.02 Å². The topological polar surface area (TPSA) is 47.3 Å². The lowest BCUT2D eigenvalue weighted by atomic mass is 9.77. The van der Waals surface area contributed by atoms with Gasteiger partial charge in [0.2, 0.25) is 0 Å². The van der Waals surface area contributed by atoms with E-state index in [2.05, 4.69) is 5.43 Å². The molecular formula is C12H17ClN2O. The van der Waals surface area contributed by atoms with Crippen LogP contribution in [0.1, 0.15) is 30.9 Å². The van der Waals surface area contributed by atoms with Gasteiger partial charge in [-0.2, -0.15) is 0 Å². The molecule has 88 valence electrons. The van der Waals surface area contributed by atoms with Gasteiger partial charge >= 0.3 is 0 Å². The highest BCUT2D eigenvalue weighted by Crippen LogP contribution is 2.40. The zero-order valence-corrected chi connectivity index (χ0v) is 10.1. The van der Waals surface area contributed by atoms with Gasteiger partial charge in [-0.3, -0.25) is 11.3 Å². The Bertz CT molecular complexity index is 366. The minimum atomic E-state index is 0.168. The Morgan fingerprint density at radius 2 is 2.25 bits per heavy atom. The molecular weight excluding hydrogens is 224 g/mol. The first kappa shape index (κ1) is 11.7. The molecule has 1 aliphatic rings. The van der Waals surface area contributed by atoms with E-state index in [9.17, 15) is 0 Å². The minimum Gasteiger partial charge on any atom is -0.496 e. The van der Waals surface area contributed by atoms with Gasteiger partial charge in [-0.1, -0.05) is 24.1 Å². The summed E-state index contributed by atoms with van der Waals surface area (Å²) in [7, 11) is 1.66. The summed E-state index contributed by atoms with van der Waals surface area (Å²) in [5, 5.41) is 0.685. The van der Waals surface area contributed by atoms with Crippen LogP contribution in [0.4, 0.5) is 0 Å². The van der Waals surface area contributed by atoms with E-state index < -0.39 is 0 Å². The van der Waals surface area contributed by atoms with Crippen molar-refractivity contribution >= 4 is 11.6 Å². The molecule has 3 N–H and O–H groups in total. The third-order valence-electron chi connectivity index (χ3n) is 3.33. The fourth-order valence-corrected chi connectivity index (χ4v) is 2.36. The Morgan fingerprint density at radius 1 is 1.50 bits per heavy atom. The van der Waals surface area contributed by atoms with Crippen LogP contribution in [0, 0.1) is 5.92 Å². The quantitative estimate of drug-likeness (QED) is 0.628. The lowest BCUT2D eigenvalue weighted by Crippen LogP contribution is -2.36. The summed E-state index contributed by atoms with van der Waals surface area (Å²) >= 11 is 5.94. The minimum absolute atomic E-state index is 0.168. The third-order valence-corrected chi connectivity index (χ3v) is 3.57. The molecule has 1 aliphatic carbocycles. The van der Waals surface area contributed by atoms with Crippen LogP contribution in [0.15, 0.2) is 18.2 Å². The van der Waals surface area contributed by atoms with Gasteiger partial charge in [-0.05, 0) is 30.9 Å². The number of methoxy groups -OCH3 is 1. The molecule has 3 nitrogen and oxygen atoms in total. The summed E-state index contributed by atoms with van der Waals surface area (Å²) in [5.41, 5.74) is 3.99. The van der Waals surface area contributed by atoms with Gasteiger partial charge in [0.05, 0.1) is 13.2 Å². The standard InChI is InChI=1S/C12H17ClN2O/c1-16-11-7-9(13)5-6-10(11)12(15-14)8-3-2-4-8/h5-8,12,15H,2-4,14H2,1H3. The Morgan fingerprint density at radius 3 is 2.75 bits per heavy atom. The molecule has 2 rings (SSSR count). The number of halogens is 1. The van der Waals surface area contributed by atoms with Crippen molar-refractivity contribution in [2.45, 2.75) is 25.3 Å². The SMILES string of the molecule is COc1cc(Cl)ccc1C(NN)C1CCC1. The highest BCUT2D eigenvalue weighted by atomic mass is 35.5. The molecule has 1 aromatic carbocycles. The van der Waals surface area contributed by atoms with Gasteiger partial charge < -0.3 is 4.74 Å². The number of hydrazine groups is 1. The Balaban J connectivity index is 2.28. The van der Waals surface area contributed by atoms with E-state index in [1.54, 1.807) is 7.11 Å². The molecule has 0 heterocycles. The van der Waals surface area contributed by atoms with Crippen LogP contribution in [0.5, 0.6) is 5.75 Å². The lowest BCUT2D eigenvalue weighted by Gasteiger charge is -2.34. The second-order valence-corrected chi connectivity index (χ2v) is 4.66. The van der Waals surface area contributed by atoms with Gasteiger partial charge in [-0.25, -0.2) is 0 Å². The molecule has 1 unspecified atom stereocenters. The maximum atomic E-state index is 5.94. The number of nitrogens with two attached hydrogens (primary N) is 1. The molecule has 0 bridgehead atoms. The van der Waals surface area contributed by atoms with E-state index in [1.807, 2.05) is 18.2 Å². The second kappa shape index (κ2) is 5.04. The van der Waals surface area contributed by atoms with Crippen LogP contribution in [-0.4, -0.2) is 7.11 Å². The first-order chi connectivity index (χ1) is 7.76. The Kier molecular flexibility index (Phi) is 3.69. The zero-order valence-electron chi connectivity index (χ0n) is 9.37.